The minimum absolute atomic E-state index is 0.0909. The molecule has 0 bridgehead atoms. The molecule has 21 heavy (non-hydrogen) atoms. The van der Waals surface area contributed by atoms with Gasteiger partial charge in [-0.05, 0) is 25.1 Å². The zero-order valence-electron chi connectivity index (χ0n) is 11.1. The van der Waals surface area contributed by atoms with Crippen molar-refractivity contribution in [1.82, 2.24) is 0 Å². The Morgan fingerprint density at radius 3 is 2.52 bits per heavy atom. The van der Waals surface area contributed by atoms with Gasteiger partial charge in [0.15, 0.2) is 0 Å². The van der Waals surface area contributed by atoms with Crippen molar-refractivity contribution in [3.8, 4) is 0 Å². The molecular weight excluding hydrogens is 311 g/mol. The topological polar surface area (TPSA) is 55.4 Å². The molecule has 0 radical (unpaired) electrons. The molecule has 1 rings (SSSR count). The van der Waals surface area contributed by atoms with E-state index in [0.29, 0.717) is 0 Å². The lowest BCUT2D eigenvalue weighted by Gasteiger charge is -2.14. The average molecular weight is 324 g/mol. The van der Waals surface area contributed by atoms with Gasteiger partial charge < -0.3 is 10.1 Å². The summed E-state index contributed by atoms with van der Waals surface area (Å²) >= 11 is 5.52. The predicted molar refractivity (Wildman–Crippen MR) is 71.0 cm³/mol. The Morgan fingerprint density at radius 1 is 1.29 bits per heavy atom. The molecule has 0 aliphatic heterocycles. The van der Waals surface area contributed by atoms with Gasteiger partial charge in [0.1, 0.15) is 0 Å². The highest BCUT2D eigenvalue weighted by Gasteiger charge is 2.34. The van der Waals surface area contributed by atoms with E-state index in [1.807, 2.05) is 0 Å². The first kappa shape index (κ1) is 17.3. The molecule has 0 saturated heterocycles. The van der Waals surface area contributed by atoms with E-state index in [-0.39, 0.29) is 24.5 Å². The standard InChI is InChI=1S/C13H13ClF3NO3/c1-2-21-12(20)6-5-11(19)18-10-4-3-8(14)7-9(10)13(15,16)17/h3-4,7H,2,5-6H2,1H3,(H,18,19). The van der Waals surface area contributed by atoms with Gasteiger partial charge in [-0.15, -0.1) is 0 Å². The third kappa shape index (κ3) is 5.63. The summed E-state index contributed by atoms with van der Waals surface area (Å²) in [6, 6.07) is 3.02. The predicted octanol–water partition coefficient (Wildman–Crippen LogP) is 3.64. The number of benzene rings is 1. The lowest BCUT2D eigenvalue weighted by atomic mass is 10.1. The van der Waals surface area contributed by atoms with Crippen LogP contribution in [0, 0.1) is 0 Å². The molecule has 4 nitrogen and oxygen atoms in total. The first-order valence-electron chi connectivity index (χ1n) is 6.06. The number of hydrogen-bond acceptors (Lipinski definition) is 3. The summed E-state index contributed by atoms with van der Waals surface area (Å²) in [5.74, 6) is -1.30. The quantitative estimate of drug-likeness (QED) is 0.842. The van der Waals surface area contributed by atoms with Crippen molar-refractivity contribution < 1.29 is 27.5 Å². The fourth-order valence-corrected chi connectivity index (χ4v) is 1.69. The number of hydrogen-bond donors (Lipinski definition) is 1. The number of carbonyl (C=O) groups is 2. The van der Waals surface area contributed by atoms with E-state index in [2.05, 4.69) is 10.1 Å². The molecule has 0 fully saturated rings. The van der Waals surface area contributed by atoms with Crippen molar-refractivity contribution >= 4 is 29.2 Å². The van der Waals surface area contributed by atoms with Gasteiger partial charge in [-0.25, -0.2) is 0 Å². The number of amides is 1. The Labute approximate surface area is 124 Å². The minimum Gasteiger partial charge on any atom is -0.466 e. The van der Waals surface area contributed by atoms with Crippen molar-refractivity contribution in [2.45, 2.75) is 25.9 Å². The van der Waals surface area contributed by atoms with E-state index in [1.54, 1.807) is 6.92 Å². The average Bonchev–Trinajstić information content (AvgIpc) is 2.38. The van der Waals surface area contributed by atoms with Crippen LogP contribution in [0.3, 0.4) is 0 Å². The second kappa shape index (κ2) is 7.31. The second-order valence-electron chi connectivity index (χ2n) is 4.04. The van der Waals surface area contributed by atoms with Crippen LogP contribution in [-0.2, 0) is 20.5 Å². The van der Waals surface area contributed by atoms with Gasteiger partial charge in [0, 0.05) is 11.4 Å². The lowest BCUT2D eigenvalue weighted by Crippen LogP contribution is -2.18. The number of alkyl halides is 3. The van der Waals surface area contributed by atoms with Crippen LogP contribution in [0.2, 0.25) is 5.02 Å². The molecule has 1 aromatic carbocycles. The smallest absolute Gasteiger partial charge is 0.418 e. The number of halogens is 4. The molecule has 0 aliphatic rings. The molecule has 0 heterocycles. The van der Waals surface area contributed by atoms with E-state index in [9.17, 15) is 22.8 Å². The van der Waals surface area contributed by atoms with Gasteiger partial charge in [0.05, 0.1) is 24.3 Å². The molecule has 0 atom stereocenters. The van der Waals surface area contributed by atoms with Crippen LogP contribution in [0.5, 0.6) is 0 Å². The van der Waals surface area contributed by atoms with Crippen molar-refractivity contribution in [2.24, 2.45) is 0 Å². The number of carbonyl (C=O) groups excluding carboxylic acids is 2. The highest BCUT2D eigenvalue weighted by atomic mass is 35.5. The zero-order chi connectivity index (χ0) is 16.0. The molecule has 0 spiro atoms. The number of esters is 1. The van der Waals surface area contributed by atoms with Crippen LogP contribution >= 0.6 is 11.6 Å². The maximum absolute atomic E-state index is 12.8. The third-order valence-electron chi connectivity index (χ3n) is 2.42. The number of ether oxygens (including phenoxy) is 1. The Kier molecular flexibility index (Phi) is 6.02. The molecule has 1 aromatic rings. The van der Waals surface area contributed by atoms with Crippen LogP contribution in [0.25, 0.3) is 0 Å². The number of rotatable bonds is 5. The monoisotopic (exact) mass is 323 g/mol. The van der Waals surface area contributed by atoms with E-state index >= 15 is 0 Å². The Morgan fingerprint density at radius 2 is 1.95 bits per heavy atom. The van der Waals surface area contributed by atoms with Crippen LogP contribution < -0.4 is 5.32 Å². The fourth-order valence-electron chi connectivity index (χ4n) is 1.52. The third-order valence-corrected chi connectivity index (χ3v) is 2.66. The van der Waals surface area contributed by atoms with Crippen molar-refractivity contribution in [3.63, 3.8) is 0 Å². The summed E-state index contributed by atoms with van der Waals surface area (Å²) in [5.41, 5.74) is -1.44. The van der Waals surface area contributed by atoms with Crippen molar-refractivity contribution in [3.05, 3.63) is 28.8 Å². The Balaban J connectivity index is 2.74. The first-order valence-corrected chi connectivity index (χ1v) is 6.44. The number of nitrogens with one attached hydrogen (secondary N) is 1. The number of anilines is 1. The fraction of sp³-hybridized carbons (Fsp3) is 0.385. The van der Waals surface area contributed by atoms with Crippen LogP contribution in [0.15, 0.2) is 18.2 Å². The van der Waals surface area contributed by atoms with Crippen LogP contribution in [-0.4, -0.2) is 18.5 Å². The molecule has 0 saturated carbocycles. The summed E-state index contributed by atoms with van der Waals surface area (Å²) < 4.78 is 43.0. The van der Waals surface area contributed by atoms with E-state index in [4.69, 9.17) is 11.6 Å². The molecule has 116 valence electrons. The molecular formula is C13H13ClF3NO3. The van der Waals surface area contributed by atoms with Crippen LogP contribution in [0.1, 0.15) is 25.3 Å². The summed E-state index contributed by atoms with van der Waals surface area (Å²) in [6.07, 6.45) is -5.11. The molecule has 1 amide bonds. The zero-order valence-corrected chi connectivity index (χ0v) is 11.8. The van der Waals surface area contributed by atoms with Gasteiger partial charge in [0.25, 0.3) is 0 Å². The van der Waals surface area contributed by atoms with Gasteiger partial charge >= 0.3 is 12.1 Å². The van der Waals surface area contributed by atoms with E-state index in [0.717, 1.165) is 12.1 Å². The molecule has 0 aromatic heterocycles. The van der Waals surface area contributed by atoms with Gasteiger partial charge in [-0.3, -0.25) is 9.59 Å². The van der Waals surface area contributed by atoms with E-state index < -0.39 is 29.3 Å². The molecule has 0 unspecified atom stereocenters. The van der Waals surface area contributed by atoms with E-state index in [1.165, 1.54) is 6.07 Å². The highest BCUT2D eigenvalue weighted by Crippen LogP contribution is 2.36. The maximum Gasteiger partial charge on any atom is 0.418 e. The van der Waals surface area contributed by atoms with Crippen molar-refractivity contribution in [1.29, 1.82) is 0 Å². The lowest BCUT2D eigenvalue weighted by molar-refractivity contribution is -0.144. The largest absolute Gasteiger partial charge is 0.466 e. The summed E-state index contributed by atoms with van der Waals surface area (Å²) in [5, 5.41) is 2.03. The summed E-state index contributed by atoms with van der Waals surface area (Å²) in [7, 11) is 0. The molecule has 8 heteroatoms. The van der Waals surface area contributed by atoms with Crippen LogP contribution in [0.4, 0.5) is 18.9 Å². The normalized spacial score (nSPS) is 11.1. The maximum atomic E-state index is 12.8. The van der Waals surface area contributed by atoms with Gasteiger partial charge in [-0.1, -0.05) is 11.6 Å². The minimum atomic E-state index is -4.64. The Hall–Kier alpha value is -1.76. The van der Waals surface area contributed by atoms with Gasteiger partial charge in [-0.2, -0.15) is 13.2 Å². The SMILES string of the molecule is CCOC(=O)CCC(=O)Nc1ccc(Cl)cc1C(F)(F)F. The van der Waals surface area contributed by atoms with Crippen molar-refractivity contribution in [2.75, 3.05) is 11.9 Å². The second-order valence-corrected chi connectivity index (χ2v) is 4.48. The van der Waals surface area contributed by atoms with Gasteiger partial charge in [0.2, 0.25) is 5.91 Å². The summed E-state index contributed by atoms with van der Waals surface area (Å²) in [4.78, 5) is 22.6. The highest BCUT2D eigenvalue weighted by molar-refractivity contribution is 6.30. The summed E-state index contributed by atoms with van der Waals surface area (Å²) in [6.45, 7) is 1.79. The first-order chi connectivity index (χ1) is 9.74. The molecule has 1 N–H and O–H groups in total. The molecule has 0 aliphatic carbocycles. The Bertz CT molecular complexity index is 532.